The first kappa shape index (κ1) is 32.3. The second kappa shape index (κ2) is 13.6. The first-order valence-corrected chi connectivity index (χ1v) is 13.6. The van der Waals surface area contributed by atoms with Crippen LogP contribution in [0.4, 0.5) is 13.2 Å². The molecule has 3 rings (SSSR count). The molecule has 9 nitrogen and oxygen atoms in total. The lowest BCUT2D eigenvalue weighted by atomic mass is 9.80. The molecule has 0 aromatic carbocycles. The second-order valence-electron chi connectivity index (χ2n) is 10.5. The highest BCUT2D eigenvalue weighted by Crippen LogP contribution is 2.41. The Morgan fingerprint density at radius 2 is 2.10 bits per heavy atom. The molecule has 1 aromatic rings. The van der Waals surface area contributed by atoms with E-state index in [9.17, 15) is 23.1 Å². The van der Waals surface area contributed by atoms with Crippen LogP contribution in [0.3, 0.4) is 0 Å². The smallest absolute Gasteiger partial charge is 0.426 e. The first-order valence-electron chi connectivity index (χ1n) is 13.2. The minimum absolute atomic E-state index is 0.0993. The third-order valence-electron chi connectivity index (χ3n) is 7.11. The van der Waals surface area contributed by atoms with E-state index in [1.54, 1.807) is 25.4 Å². The lowest BCUT2D eigenvalue weighted by Gasteiger charge is -2.30. The Hall–Kier alpha value is -3.22. The van der Waals surface area contributed by atoms with E-state index in [-0.39, 0.29) is 24.2 Å². The molecule has 0 fully saturated rings. The summed E-state index contributed by atoms with van der Waals surface area (Å²) in [5.74, 6) is -1.61. The summed E-state index contributed by atoms with van der Waals surface area (Å²) in [5, 5.41) is 14.0. The van der Waals surface area contributed by atoms with Crippen molar-refractivity contribution in [2.45, 2.75) is 63.3 Å². The quantitative estimate of drug-likeness (QED) is 0.217. The molecule has 0 spiro atoms. The van der Waals surface area contributed by atoms with Gasteiger partial charge in [-0.05, 0) is 67.7 Å². The van der Waals surface area contributed by atoms with Crippen molar-refractivity contribution in [1.82, 2.24) is 9.78 Å². The number of hydrogen-bond donors (Lipinski definition) is 3. The maximum Gasteiger partial charge on any atom is 0.426 e. The number of nitrogens with zero attached hydrogens (tertiary/aromatic N) is 4. The van der Waals surface area contributed by atoms with Gasteiger partial charge in [0.05, 0.1) is 23.5 Å². The number of guanidine groups is 1. The highest BCUT2D eigenvalue weighted by molar-refractivity contribution is 6.31. The number of aliphatic hydroxyl groups excluding tert-OH is 1. The summed E-state index contributed by atoms with van der Waals surface area (Å²) in [4.78, 5) is 19.3. The molecule has 5 N–H and O–H groups in total. The molecule has 41 heavy (non-hydrogen) atoms. The number of aryl methyl sites for hydroxylation is 1. The molecule has 1 heterocycles. The van der Waals surface area contributed by atoms with Gasteiger partial charge in [0.2, 0.25) is 12.1 Å². The molecular formula is C28H36ClF3N6O3. The number of allylic oxidation sites excluding steroid dienone is 5. The molecule has 2 aliphatic rings. The Morgan fingerprint density at radius 1 is 1.37 bits per heavy atom. The van der Waals surface area contributed by atoms with E-state index >= 15 is 0 Å². The van der Waals surface area contributed by atoms with Crippen molar-refractivity contribution in [1.29, 1.82) is 0 Å². The third-order valence-corrected chi connectivity index (χ3v) is 7.38. The van der Waals surface area contributed by atoms with Gasteiger partial charge in [-0.1, -0.05) is 30.3 Å². The van der Waals surface area contributed by atoms with Crippen LogP contribution in [0, 0.1) is 11.8 Å². The average molecular weight is 597 g/mol. The summed E-state index contributed by atoms with van der Waals surface area (Å²) < 4.78 is 50.0. The van der Waals surface area contributed by atoms with Crippen molar-refractivity contribution >= 4 is 35.3 Å². The van der Waals surface area contributed by atoms with Gasteiger partial charge in [0, 0.05) is 31.1 Å². The largest absolute Gasteiger partial charge is 0.467 e. The molecule has 2 unspecified atom stereocenters. The minimum Gasteiger partial charge on any atom is -0.467 e. The van der Waals surface area contributed by atoms with Gasteiger partial charge in [-0.3, -0.25) is 4.68 Å². The number of alkyl halides is 3. The van der Waals surface area contributed by atoms with E-state index in [1.807, 2.05) is 6.08 Å². The molecule has 4 atom stereocenters. The van der Waals surface area contributed by atoms with Crippen molar-refractivity contribution in [3.8, 4) is 0 Å². The summed E-state index contributed by atoms with van der Waals surface area (Å²) >= 11 is 6.22. The molecule has 2 aliphatic carbocycles. The molecule has 0 amide bonds. The van der Waals surface area contributed by atoms with E-state index in [2.05, 4.69) is 21.7 Å². The van der Waals surface area contributed by atoms with E-state index in [1.165, 1.54) is 17.7 Å². The van der Waals surface area contributed by atoms with Crippen LogP contribution < -0.4 is 11.5 Å². The lowest BCUT2D eigenvalue weighted by molar-refractivity contribution is -0.208. The van der Waals surface area contributed by atoms with Gasteiger partial charge >= 0.3 is 6.18 Å². The molecule has 13 heteroatoms. The van der Waals surface area contributed by atoms with Crippen LogP contribution in [0.1, 0.15) is 51.1 Å². The predicted molar refractivity (Wildman–Crippen MR) is 153 cm³/mol. The fourth-order valence-corrected chi connectivity index (χ4v) is 5.25. The van der Waals surface area contributed by atoms with Crippen molar-refractivity contribution < 1.29 is 27.8 Å². The summed E-state index contributed by atoms with van der Waals surface area (Å²) in [6.07, 6.45) is 2.98. The normalized spacial score (nSPS) is 23.0. The van der Waals surface area contributed by atoms with Crippen molar-refractivity contribution in [3.05, 3.63) is 59.1 Å². The van der Waals surface area contributed by atoms with Crippen LogP contribution in [-0.4, -0.2) is 57.5 Å². The predicted octanol–water partition coefficient (Wildman–Crippen LogP) is 4.54. The lowest BCUT2D eigenvalue weighted by Crippen LogP contribution is -2.47. The number of carbonyl (C=O) groups is 1. The molecular weight excluding hydrogens is 561 g/mol. The molecule has 0 aliphatic heterocycles. The van der Waals surface area contributed by atoms with Gasteiger partial charge < -0.3 is 26.1 Å². The van der Waals surface area contributed by atoms with Gasteiger partial charge in [0.1, 0.15) is 6.29 Å². The number of rotatable bonds is 9. The van der Waals surface area contributed by atoms with E-state index in [4.69, 9.17) is 27.8 Å². The Morgan fingerprint density at radius 3 is 2.66 bits per heavy atom. The topological polar surface area (TPSA) is 141 Å². The fourth-order valence-electron chi connectivity index (χ4n) is 5.03. The first-order chi connectivity index (χ1) is 19.2. The van der Waals surface area contributed by atoms with Crippen LogP contribution in [0.15, 0.2) is 63.4 Å². The summed E-state index contributed by atoms with van der Waals surface area (Å²) in [5.41, 5.74) is 12.4. The van der Waals surface area contributed by atoms with Gasteiger partial charge in [-0.25, -0.2) is 4.99 Å². The Labute approximate surface area is 242 Å². The van der Waals surface area contributed by atoms with Gasteiger partial charge in [-0.15, -0.1) is 0 Å². The number of ether oxygens (including phenoxy) is 1. The zero-order valence-electron chi connectivity index (χ0n) is 23.1. The third kappa shape index (κ3) is 8.88. The number of carbonyl (C=O) groups excluding carboxylic acids is 1. The Kier molecular flexibility index (Phi) is 10.7. The van der Waals surface area contributed by atoms with Crippen LogP contribution in [0.25, 0.3) is 5.57 Å². The molecule has 224 valence electrons. The molecule has 1 aromatic heterocycles. The van der Waals surface area contributed by atoms with Crippen molar-refractivity contribution in [3.63, 3.8) is 0 Å². The van der Waals surface area contributed by atoms with Gasteiger partial charge in [-0.2, -0.15) is 23.3 Å². The van der Waals surface area contributed by atoms with Crippen LogP contribution in [0.5, 0.6) is 0 Å². The molecule has 0 saturated carbocycles. The van der Waals surface area contributed by atoms with Gasteiger partial charge in [0.25, 0.3) is 0 Å². The molecule has 0 radical (unpaired) electrons. The second-order valence-corrected chi connectivity index (χ2v) is 10.9. The SMILES string of the molecule is C=C(/N=C(N)\N=C(/C)O[C@H](C1CCC=C(Cl)C=C1c1ccn(C)n1)C(F)(F)F)C1=CCC(C[C@@](N)(C=O)CO)CC1. The number of aromatic nitrogens is 2. The highest BCUT2D eigenvalue weighted by Gasteiger charge is 2.49. The average Bonchev–Trinajstić information content (AvgIpc) is 3.24. The number of aldehydes is 1. The van der Waals surface area contributed by atoms with E-state index < -0.39 is 30.3 Å². The number of nitrogens with two attached hydrogens (primary N) is 2. The number of halogens is 4. The van der Waals surface area contributed by atoms with E-state index in [0.29, 0.717) is 60.4 Å². The maximum atomic E-state index is 14.4. The monoisotopic (exact) mass is 596 g/mol. The highest BCUT2D eigenvalue weighted by atomic mass is 35.5. The molecule has 0 saturated heterocycles. The Balaban J connectivity index is 1.75. The fraction of sp³-hybridized carbons (Fsp3) is 0.500. The summed E-state index contributed by atoms with van der Waals surface area (Å²) in [7, 11) is 1.68. The summed E-state index contributed by atoms with van der Waals surface area (Å²) in [6, 6.07) is 1.63. The van der Waals surface area contributed by atoms with Gasteiger partial charge in [0.15, 0.2) is 5.90 Å². The molecule has 0 bridgehead atoms. The van der Waals surface area contributed by atoms with Crippen molar-refractivity contribution in [2.75, 3.05) is 6.61 Å². The maximum absolute atomic E-state index is 14.4. The number of aliphatic hydroxyl groups is 1. The van der Waals surface area contributed by atoms with E-state index in [0.717, 1.165) is 5.57 Å². The number of aliphatic imine (C=N–C) groups is 2. The van der Waals surface area contributed by atoms with Crippen LogP contribution >= 0.6 is 11.6 Å². The van der Waals surface area contributed by atoms with Crippen LogP contribution in [-0.2, 0) is 16.6 Å². The minimum atomic E-state index is -4.73. The standard InChI is InChI=1S/C28H36ClF3N6O3/c1-17(20-9-7-19(8-10-20)14-27(34,15-39)16-40)35-26(33)36-18(2)41-25(28(30,31)32)22-6-4-5-21(29)13-23(22)24-11-12-38(3)37-24/h5,9,11-13,15,19,22,25,40H,1,4,6-8,10,14,16,34H2,2-3H3,(H2,33,35)/b36-18+/t19?,22?,25-,27-/m1/s1. The Bertz CT molecular complexity index is 1280. The summed E-state index contributed by atoms with van der Waals surface area (Å²) in [6.45, 7) is 4.77. The zero-order valence-corrected chi connectivity index (χ0v) is 23.8. The zero-order chi connectivity index (χ0) is 30.4. The van der Waals surface area contributed by atoms with Crippen LogP contribution in [0.2, 0.25) is 0 Å². The van der Waals surface area contributed by atoms with Crippen molar-refractivity contribution in [2.24, 2.45) is 40.3 Å². The number of hydrogen-bond acceptors (Lipinski definition) is 6.